The summed E-state index contributed by atoms with van der Waals surface area (Å²) in [5.74, 6) is 0.423. The lowest BCUT2D eigenvalue weighted by Crippen LogP contribution is -2.53. The highest BCUT2D eigenvalue weighted by molar-refractivity contribution is 5.84. The van der Waals surface area contributed by atoms with Crippen LogP contribution in [-0.2, 0) is 4.79 Å². The van der Waals surface area contributed by atoms with Gasteiger partial charge in [0.25, 0.3) is 0 Å². The molecule has 0 spiro atoms. The van der Waals surface area contributed by atoms with Crippen LogP contribution in [0.4, 0.5) is 0 Å². The minimum atomic E-state index is 0.209. The van der Waals surface area contributed by atoms with Gasteiger partial charge in [0.2, 0.25) is 0 Å². The van der Waals surface area contributed by atoms with E-state index in [0.29, 0.717) is 12.2 Å². The first-order valence-electron chi connectivity index (χ1n) is 5.30. The largest absolute Gasteiger partial charge is 0.300 e. The van der Waals surface area contributed by atoms with Crippen LogP contribution in [-0.4, -0.2) is 54.3 Å². The van der Waals surface area contributed by atoms with E-state index in [0.717, 1.165) is 26.2 Å². The molecule has 3 aliphatic rings. The summed E-state index contributed by atoms with van der Waals surface area (Å²) in [6.45, 7) is 7.50. The quantitative estimate of drug-likeness (QED) is 0.616. The Kier molecular flexibility index (Phi) is 2.65. The Labute approximate surface area is 79.7 Å². The molecular weight excluding hydrogens is 164 g/mol. The van der Waals surface area contributed by atoms with Crippen molar-refractivity contribution in [2.45, 2.75) is 25.8 Å². The molecular formula is C10H18N2O. The zero-order valence-corrected chi connectivity index (χ0v) is 8.33. The molecule has 3 saturated heterocycles. The molecule has 3 rings (SSSR count). The summed E-state index contributed by atoms with van der Waals surface area (Å²) < 4.78 is 0. The smallest absolute Gasteiger partial charge is 0.151 e. The molecule has 0 aliphatic carbocycles. The molecule has 3 unspecified atom stereocenters. The second kappa shape index (κ2) is 3.76. The summed E-state index contributed by atoms with van der Waals surface area (Å²) in [7, 11) is 0. The predicted molar refractivity (Wildman–Crippen MR) is 51.7 cm³/mol. The lowest BCUT2D eigenvalue weighted by molar-refractivity contribution is -0.125. The fourth-order valence-corrected chi connectivity index (χ4v) is 2.39. The number of piperazine rings is 1. The van der Waals surface area contributed by atoms with E-state index in [1.807, 2.05) is 6.92 Å². The van der Waals surface area contributed by atoms with Gasteiger partial charge in [-0.05, 0) is 13.0 Å². The number of hydrogen-bond donors (Lipinski definition) is 0. The van der Waals surface area contributed by atoms with Crippen molar-refractivity contribution < 1.29 is 4.79 Å². The van der Waals surface area contributed by atoms with E-state index < -0.39 is 0 Å². The van der Waals surface area contributed by atoms with Crippen molar-refractivity contribution in [2.24, 2.45) is 0 Å². The summed E-state index contributed by atoms with van der Waals surface area (Å²) in [5.41, 5.74) is 0. The van der Waals surface area contributed by atoms with Gasteiger partial charge in [-0.2, -0.15) is 0 Å². The minimum Gasteiger partial charge on any atom is -0.300 e. The molecule has 3 aliphatic heterocycles. The Hall–Kier alpha value is -0.410. The van der Waals surface area contributed by atoms with Gasteiger partial charge in [0.05, 0.1) is 6.04 Å². The standard InChI is InChI=1S/C10H18N2O/c1-2-10(13)9-8-11-4-3-5-12(9)7-6-11/h9H,2-8H2,1H3. The summed E-state index contributed by atoms with van der Waals surface area (Å²) in [5, 5.41) is 0. The summed E-state index contributed by atoms with van der Waals surface area (Å²) in [6.07, 6.45) is 1.92. The maximum Gasteiger partial charge on any atom is 0.151 e. The van der Waals surface area contributed by atoms with Crippen LogP contribution in [0.15, 0.2) is 0 Å². The van der Waals surface area contributed by atoms with E-state index in [4.69, 9.17) is 0 Å². The molecule has 0 aromatic rings. The van der Waals surface area contributed by atoms with Gasteiger partial charge in [-0.25, -0.2) is 0 Å². The molecule has 0 amide bonds. The van der Waals surface area contributed by atoms with Crippen LogP contribution >= 0.6 is 0 Å². The van der Waals surface area contributed by atoms with E-state index in [2.05, 4.69) is 9.80 Å². The van der Waals surface area contributed by atoms with Crippen LogP contribution in [0.1, 0.15) is 19.8 Å². The van der Waals surface area contributed by atoms with Crippen LogP contribution in [0.3, 0.4) is 0 Å². The number of ketones is 1. The number of fused-ring (bicyclic) bond motifs is 4. The van der Waals surface area contributed by atoms with Crippen molar-refractivity contribution in [1.82, 2.24) is 9.80 Å². The van der Waals surface area contributed by atoms with Gasteiger partial charge in [-0.3, -0.25) is 9.69 Å². The van der Waals surface area contributed by atoms with Gasteiger partial charge in [0.1, 0.15) is 0 Å². The molecule has 2 bridgehead atoms. The molecule has 3 fully saturated rings. The van der Waals surface area contributed by atoms with Crippen LogP contribution in [0.2, 0.25) is 0 Å². The normalized spacial score (nSPS) is 38.7. The minimum absolute atomic E-state index is 0.209. The highest BCUT2D eigenvalue weighted by Gasteiger charge is 2.32. The Balaban J connectivity index is 2.08. The fourth-order valence-electron chi connectivity index (χ4n) is 2.39. The zero-order valence-electron chi connectivity index (χ0n) is 8.33. The third-order valence-corrected chi connectivity index (χ3v) is 3.22. The lowest BCUT2D eigenvalue weighted by Gasteiger charge is -2.36. The van der Waals surface area contributed by atoms with Crippen molar-refractivity contribution in [3.05, 3.63) is 0 Å². The van der Waals surface area contributed by atoms with E-state index in [1.54, 1.807) is 0 Å². The van der Waals surface area contributed by atoms with Crippen molar-refractivity contribution in [1.29, 1.82) is 0 Å². The SMILES string of the molecule is CCC(=O)C1CN2CCCN1CC2. The first kappa shape index (κ1) is 9.16. The summed E-state index contributed by atoms with van der Waals surface area (Å²) in [6, 6.07) is 0.209. The number of carbonyl (C=O) groups excluding carboxylic acids is 1. The Bertz CT molecular complexity index is 201. The summed E-state index contributed by atoms with van der Waals surface area (Å²) >= 11 is 0. The van der Waals surface area contributed by atoms with Crippen LogP contribution in [0.5, 0.6) is 0 Å². The Morgan fingerprint density at radius 2 is 2.15 bits per heavy atom. The number of rotatable bonds is 2. The Morgan fingerprint density at radius 1 is 1.31 bits per heavy atom. The molecule has 74 valence electrons. The molecule has 3 heteroatoms. The topological polar surface area (TPSA) is 23.6 Å². The lowest BCUT2D eigenvalue weighted by atomic mass is 10.1. The molecule has 0 radical (unpaired) electrons. The average Bonchev–Trinajstić information content (AvgIpc) is 2.50. The number of Topliss-reactive ketones (excluding diaryl/α,β-unsaturated/α-hetero) is 1. The number of nitrogens with zero attached hydrogens (tertiary/aromatic N) is 2. The molecule has 0 saturated carbocycles. The van der Waals surface area contributed by atoms with Crippen LogP contribution in [0.25, 0.3) is 0 Å². The van der Waals surface area contributed by atoms with Crippen molar-refractivity contribution in [3.63, 3.8) is 0 Å². The highest BCUT2D eigenvalue weighted by atomic mass is 16.1. The van der Waals surface area contributed by atoms with Gasteiger partial charge in [-0.15, -0.1) is 0 Å². The van der Waals surface area contributed by atoms with Gasteiger partial charge in [0.15, 0.2) is 5.78 Å². The second-order valence-electron chi connectivity index (χ2n) is 4.03. The maximum absolute atomic E-state index is 11.6. The van der Waals surface area contributed by atoms with E-state index >= 15 is 0 Å². The first-order chi connectivity index (χ1) is 6.31. The fraction of sp³-hybridized carbons (Fsp3) is 0.900. The molecule has 0 aromatic carbocycles. The number of hydrogen-bond acceptors (Lipinski definition) is 3. The average molecular weight is 182 g/mol. The molecule has 0 N–H and O–H groups in total. The van der Waals surface area contributed by atoms with Crippen LogP contribution < -0.4 is 0 Å². The molecule has 3 heterocycles. The van der Waals surface area contributed by atoms with Gasteiger partial charge >= 0.3 is 0 Å². The van der Waals surface area contributed by atoms with Gasteiger partial charge < -0.3 is 4.90 Å². The molecule has 13 heavy (non-hydrogen) atoms. The van der Waals surface area contributed by atoms with Gasteiger partial charge in [0, 0.05) is 32.6 Å². The Morgan fingerprint density at radius 3 is 2.92 bits per heavy atom. The van der Waals surface area contributed by atoms with Crippen LogP contribution in [0, 0.1) is 0 Å². The van der Waals surface area contributed by atoms with E-state index in [1.165, 1.54) is 13.0 Å². The third kappa shape index (κ3) is 1.76. The highest BCUT2D eigenvalue weighted by Crippen LogP contribution is 2.16. The van der Waals surface area contributed by atoms with Crippen molar-refractivity contribution >= 4 is 5.78 Å². The number of carbonyl (C=O) groups is 1. The van der Waals surface area contributed by atoms with E-state index in [-0.39, 0.29) is 6.04 Å². The molecule has 3 nitrogen and oxygen atoms in total. The monoisotopic (exact) mass is 182 g/mol. The van der Waals surface area contributed by atoms with Crippen molar-refractivity contribution in [3.8, 4) is 0 Å². The van der Waals surface area contributed by atoms with E-state index in [9.17, 15) is 4.79 Å². The maximum atomic E-state index is 11.6. The van der Waals surface area contributed by atoms with Gasteiger partial charge in [-0.1, -0.05) is 6.92 Å². The zero-order chi connectivity index (χ0) is 9.26. The third-order valence-electron chi connectivity index (χ3n) is 3.22. The predicted octanol–water partition coefficient (Wildman–Crippen LogP) is 0.355. The second-order valence-corrected chi connectivity index (χ2v) is 4.03. The summed E-state index contributed by atoms with van der Waals surface area (Å²) in [4.78, 5) is 16.4. The molecule has 3 atom stereocenters. The van der Waals surface area contributed by atoms with Crippen molar-refractivity contribution in [2.75, 3.05) is 32.7 Å². The first-order valence-corrected chi connectivity index (χ1v) is 5.30. The molecule has 0 aromatic heterocycles.